The first-order valence-corrected chi connectivity index (χ1v) is 5.86. The molecule has 0 bridgehead atoms. The second-order valence-corrected chi connectivity index (χ2v) is 5.39. The van der Waals surface area contributed by atoms with E-state index in [9.17, 15) is 0 Å². The fourth-order valence-electron chi connectivity index (χ4n) is 1.12. The number of nitrogens with zero attached hydrogens (tertiary/aromatic N) is 1. The third kappa shape index (κ3) is 3.47. The standard InChI is InChI=1S/C11H19NS/c1-8(2)5-6-11-12-7-10(13-11)9(3)4/h7-9H,5-6H2,1-4H3. The van der Waals surface area contributed by atoms with Gasteiger partial charge in [0.15, 0.2) is 0 Å². The SMILES string of the molecule is CC(C)CCc1ncc(C(C)C)s1. The van der Waals surface area contributed by atoms with E-state index in [0.717, 1.165) is 12.3 Å². The Bertz CT molecular complexity index is 250. The summed E-state index contributed by atoms with van der Waals surface area (Å²) in [6.45, 7) is 8.97. The molecule has 0 amide bonds. The van der Waals surface area contributed by atoms with Crippen molar-refractivity contribution in [2.45, 2.75) is 46.5 Å². The van der Waals surface area contributed by atoms with Crippen molar-refractivity contribution in [2.24, 2.45) is 5.92 Å². The molecule has 0 aliphatic carbocycles. The number of thiazole rings is 1. The van der Waals surface area contributed by atoms with Crippen LogP contribution in [0.4, 0.5) is 0 Å². The van der Waals surface area contributed by atoms with Crippen molar-refractivity contribution >= 4 is 11.3 Å². The van der Waals surface area contributed by atoms with Gasteiger partial charge in [0, 0.05) is 11.1 Å². The Balaban J connectivity index is 2.49. The van der Waals surface area contributed by atoms with E-state index in [1.54, 1.807) is 0 Å². The van der Waals surface area contributed by atoms with Gasteiger partial charge in [-0.1, -0.05) is 27.7 Å². The second kappa shape index (κ2) is 4.75. The van der Waals surface area contributed by atoms with Crippen LogP contribution in [0, 0.1) is 5.92 Å². The van der Waals surface area contributed by atoms with E-state index in [1.807, 2.05) is 17.5 Å². The van der Waals surface area contributed by atoms with E-state index in [4.69, 9.17) is 0 Å². The minimum atomic E-state index is 0.630. The molecule has 0 spiro atoms. The van der Waals surface area contributed by atoms with Gasteiger partial charge in [0.2, 0.25) is 0 Å². The van der Waals surface area contributed by atoms with Crippen LogP contribution in [0.1, 0.15) is 49.9 Å². The molecule has 74 valence electrons. The highest BCUT2D eigenvalue weighted by molar-refractivity contribution is 7.11. The van der Waals surface area contributed by atoms with E-state index in [0.29, 0.717) is 5.92 Å². The molecular formula is C11H19NS. The second-order valence-electron chi connectivity index (χ2n) is 4.24. The zero-order valence-corrected chi connectivity index (χ0v) is 9.82. The monoisotopic (exact) mass is 197 g/mol. The predicted molar refractivity (Wildman–Crippen MR) is 59.4 cm³/mol. The fourth-order valence-corrected chi connectivity index (χ4v) is 2.06. The van der Waals surface area contributed by atoms with Crippen molar-refractivity contribution in [3.05, 3.63) is 16.1 Å². The van der Waals surface area contributed by atoms with Gasteiger partial charge >= 0.3 is 0 Å². The maximum absolute atomic E-state index is 4.43. The van der Waals surface area contributed by atoms with Gasteiger partial charge in [-0.15, -0.1) is 11.3 Å². The highest BCUT2D eigenvalue weighted by Gasteiger charge is 2.05. The molecule has 0 saturated carbocycles. The van der Waals surface area contributed by atoms with E-state index in [1.165, 1.54) is 16.3 Å². The lowest BCUT2D eigenvalue weighted by Gasteiger charge is -2.00. The molecule has 0 aromatic carbocycles. The van der Waals surface area contributed by atoms with Gasteiger partial charge in [-0.3, -0.25) is 0 Å². The van der Waals surface area contributed by atoms with Crippen LogP contribution in [0.3, 0.4) is 0 Å². The topological polar surface area (TPSA) is 12.9 Å². The number of aryl methyl sites for hydroxylation is 1. The molecule has 0 radical (unpaired) electrons. The molecule has 0 atom stereocenters. The van der Waals surface area contributed by atoms with Crippen LogP contribution < -0.4 is 0 Å². The van der Waals surface area contributed by atoms with Crippen molar-refractivity contribution in [3.63, 3.8) is 0 Å². The molecule has 1 aromatic rings. The lowest BCUT2D eigenvalue weighted by atomic mass is 10.1. The molecule has 2 heteroatoms. The summed E-state index contributed by atoms with van der Waals surface area (Å²) >= 11 is 1.87. The zero-order valence-electron chi connectivity index (χ0n) is 9.00. The van der Waals surface area contributed by atoms with E-state index in [-0.39, 0.29) is 0 Å². The molecule has 1 rings (SSSR count). The van der Waals surface area contributed by atoms with Gasteiger partial charge in [-0.2, -0.15) is 0 Å². The Morgan fingerprint density at radius 1 is 1.31 bits per heavy atom. The molecule has 0 unspecified atom stereocenters. The largest absolute Gasteiger partial charge is 0.249 e. The van der Waals surface area contributed by atoms with Gasteiger partial charge in [0.05, 0.1) is 5.01 Å². The quantitative estimate of drug-likeness (QED) is 0.714. The van der Waals surface area contributed by atoms with E-state index < -0.39 is 0 Å². The summed E-state index contributed by atoms with van der Waals surface area (Å²) in [6.07, 6.45) is 4.44. The summed E-state index contributed by atoms with van der Waals surface area (Å²) in [7, 11) is 0. The molecule has 1 aromatic heterocycles. The minimum Gasteiger partial charge on any atom is -0.249 e. The van der Waals surface area contributed by atoms with Crippen LogP contribution in [0.15, 0.2) is 6.20 Å². The average molecular weight is 197 g/mol. The van der Waals surface area contributed by atoms with Crippen molar-refractivity contribution < 1.29 is 0 Å². The smallest absolute Gasteiger partial charge is 0.0927 e. The highest BCUT2D eigenvalue weighted by atomic mass is 32.1. The van der Waals surface area contributed by atoms with Crippen LogP contribution in [0.25, 0.3) is 0 Å². The first-order valence-electron chi connectivity index (χ1n) is 5.04. The molecule has 0 aliphatic heterocycles. The summed E-state index contributed by atoms with van der Waals surface area (Å²) in [5, 5.41) is 1.30. The van der Waals surface area contributed by atoms with Crippen molar-refractivity contribution in [1.82, 2.24) is 4.98 Å². The maximum atomic E-state index is 4.43. The van der Waals surface area contributed by atoms with Crippen molar-refractivity contribution in [1.29, 1.82) is 0 Å². The first kappa shape index (κ1) is 10.7. The predicted octanol–water partition coefficient (Wildman–Crippen LogP) is 3.86. The summed E-state index contributed by atoms with van der Waals surface area (Å²) in [5.74, 6) is 1.41. The van der Waals surface area contributed by atoms with E-state index in [2.05, 4.69) is 32.7 Å². The molecule has 0 aliphatic rings. The van der Waals surface area contributed by atoms with E-state index >= 15 is 0 Å². The van der Waals surface area contributed by atoms with Gasteiger partial charge < -0.3 is 0 Å². The van der Waals surface area contributed by atoms with Crippen LogP contribution in [-0.2, 0) is 6.42 Å². The Hall–Kier alpha value is -0.370. The number of aromatic nitrogens is 1. The third-order valence-electron chi connectivity index (χ3n) is 2.08. The minimum absolute atomic E-state index is 0.630. The van der Waals surface area contributed by atoms with Crippen molar-refractivity contribution in [3.8, 4) is 0 Å². The Morgan fingerprint density at radius 2 is 2.00 bits per heavy atom. The van der Waals surface area contributed by atoms with Crippen LogP contribution in [-0.4, -0.2) is 4.98 Å². The summed E-state index contributed by atoms with van der Waals surface area (Å²) in [6, 6.07) is 0. The maximum Gasteiger partial charge on any atom is 0.0927 e. The van der Waals surface area contributed by atoms with Gasteiger partial charge in [-0.05, 0) is 24.7 Å². The number of hydrogen-bond donors (Lipinski definition) is 0. The van der Waals surface area contributed by atoms with Crippen LogP contribution in [0.2, 0.25) is 0 Å². The first-order chi connectivity index (χ1) is 6.09. The van der Waals surface area contributed by atoms with Gasteiger partial charge in [0.25, 0.3) is 0 Å². The summed E-state index contributed by atoms with van der Waals surface area (Å²) in [4.78, 5) is 5.84. The molecular weight excluding hydrogens is 178 g/mol. The third-order valence-corrected chi connectivity index (χ3v) is 3.43. The van der Waals surface area contributed by atoms with Gasteiger partial charge in [0.1, 0.15) is 0 Å². The lowest BCUT2D eigenvalue weighted by molar-refractivity contribution is 0.585. The molecule has 0 N–H and O–H groups in total. The molecule has 13 heavy (non-hydrogen) atoms. The molecule has 0 saturated heterocycles. The van der Waals surface area contributed by atoms with Crippen molar-refractivity contribution in [2.75, 3.05) is 0 Å². The molecule has 0 fully saturated rings. The molecule has 1 nitrogen and oxygen atoms in total. The highest BCUT2D eigenvalue weighted by Crippen LogP contribution is 2.23. The Morgan fingerprint density at radius 3 is 2.46 bits per heavy atom. The zero-order chi connectivity index (χ0) is 9.84. The fraction of sp³-hybridized carbons (Fsp3) is 0.727. The average Bonchev–Trinajstić information content (AvgIpc) is 2.48. The number of rotatable bonds is 4. The van der Waals surface area contributed by atoms with Crippen LogP contribution in [0.5, 0.6) is 0 Å². The Kier molecular flexibility index (Phi) is 3.91. The summed E-state index contributed by atoms with van der Waals surface area (Å²) < 4.78 is 0. The normalized spacial score (nSPS) is 11.5. The lowest BCUT2D eigenvalue weighted by Crippen LogP contribution is -1.90. The Labute approximate surface area is 85.2 Å². The molecule has 1 heterocycles. The number of hydrogen-bond acceptors (Lipinski definition) is 2. The van der Waals surface area contributed by atoms with Gasteiger partial charge in [-0.25, -0.2) is 4.98 Å². The van der Waals surface area contributed by atoms with Crippen LogP contribution >= 0.6 is 11.3 Å². The summed E-state index contributed by atoms with van der Waals surface area (Å²) in [5.41, 5.74) is 0.